The molecule has 0 aromatic carbocycles. The number of aromatic amines is 1. The first-order chi connectivity index (χ1) is 7.75. The average molecular weight is 220 g/mol. The van der Waals surface area contributed by atoms with Crippen molar-refractivity contribution in [3.05, 3.63) is 24.2 Å². The second-order valence-corrected chi connectivity index (χ2v) is 3.95. The van der Waals surface area contributed by atoms with Crippen LogP contribution in [0.15, 0.2) is 22.9 Å². The quantitative estimate of drug-likeness (QED) is 0.803. The fourth-order valence-corrected chi connectivity index (χ4v) is 1.40. The maximum absolute atomic E-state index is 5.15. The van der Waals surface area contributed by atoms with E-state index in [1.165, 1.54) is 0 Å². The smallest absolute Gasteiger partial charge is 0.228 e. The minimum Gasteiger partial charge on any atom is -0.359 e. The molecule has 16 heavy (non-hydrogen) atoms. The van der Waals surface area contributed by atoms with Gasteiger partial charge in [0.15, 0.2) is 0 Å². The standard InChI is InChI=1S/C11H16N4O/c1-8(2)12-7-5-10-14-11(15-16-10)9-4-3-6-13-9/h3-4,6,8,12-13H,5,7H2,1-2H3. The zero-order valence-corrected chi connectivity index (χ0v) is 9.53. The van der Waals surface area contributed by atoms with Crippen LogP contribution in [0.5, 0.6) is 0 Å². The lowest BCUT2D eigenvalue weighted by Crippen LogP contribution is -2.25. The Labute approximate surface area is 94.3 Å². The molecule has 0 aliphatic heterocycles. The highest BCUT2D eigenvalue weighted by Gasteiger charge is 2.08. The van der Waals surface area contributed by atoms with Gasteiger partial charge in [-0.25, -0.2) is 0 Å². The van der Waals surface area contributed by atoms with E-state index >= 15 is 0 Å². The van der Waals surface area contributed by atoms with Gasteiger partial charge in [-0.1, -0.05) is 19.0 Å². The van der Waals surface area contributed by atoms with Gasteiger partial charge in [0, 0.05) is 25.2 Å². The van der Waals surface area contributed by atoms with E-state index in [0.717, 1.165) is 18.7 Å². The molecule has 0 fully saturated rings. The number of hydrogen-bond acceptors (Lipinski definition) is 4. The maximum atomic E-state index is 5.15. The van der Waals surface area contributed by atoms with Crippen molar-refractivity contribution in [2.45, 2.75) is 26.3 Å². The summed E-state index contributed by atoms with van der Waals surface area (Å²) >= 11 is 0. The second-order valence-electron chi connectivity index (χ2n) is 3.95. The van der Waals surface area contributed by atoms with Crippen LogP contribution in [0, 0.1) is 0 Å². The van der Waals surface area contributed by atoms with E-state index < -0.39 is 0 Å². The molecule has 5 nitrogen and oxygen atoms in total. The number of aromatic nitrogens is 3. The van der Waals surface area contributed by atoms with Crippen LogP contribution < -0.4 is 5.32 Å². The normalized spacial score (nSPS) is 11.2. The molecule has 0 aliphatic rings. The molecule has 0 unspecified atom stereocenters. The van der Waals surface area contributed by atoms with E-state index in [9.17, 15) is 0 Å². The van der Waals surface area contributed by atoms with Gasteiger partial charge in [-0.3, -0.25) is 0 Å². The van der Waals surface area contributed by atoms with Crippen LogP contribution in [0.4, 0.5) is 0 Å². The van der Waals surface area contributed by atoms with Crippen molar-refractivity contribution in [3.8, 4) is 11.5 Å². The Morgan fingerprint density at radius 3 is 3.06 bits per heavy atom. The zero-order chi connectivity index (χ0) is 11.4. The Morgan fingerprint density at radius 2 is 2.38 bits per heavy atom. The van der Waals surface area contributed by atoms with Crippen molar-refractivity contribution in [1.82, 2.24) is 20.4 Å². The predicted molar refractivity (Wildman–Crippen MR) is 60.9 cm³/mol. The summed E-state index contributed by atoms with van der Waals surface area (Å²) in [6.45, 7) is 5.07. The molecule has 2 aromatic rings. The first-order valence-corrected chi connectivity index (χ1v) is 5.45. The molecule has 0 saturated carbocycles. The highest BCUT2D eigenvalue weighted by molar-refractivity contribution is 5.47. The molecule has 2 rings (SSSR count). The van der Waals surface area contributed by atoms with Crippen molar-refractivity contribution in [2.75, 3.05) is 6.54 Å². The molecular formula is C11H16N4O. The summed E-state index contributed by atoms with van der Waals surface area (Å²) in [6, 6.07) is 4.30. The Hall–Kier alpha value is -1.62. The van der Waals surface area contributed by atoms with Crippen molar-refractivity contribution < 1.29 is 4.52 Å². The third-order valence-corrected chi connectivity index (χ3v) is 2.20. The van der Waals surface area contributed by atoms with Crippen molar-refractivity contribution in [3.63, 3.8) is 0 Å². The molecule has 5 heteroatoms. The Morgan fingerprint density at radius 1 is 1.50 bits per heavy atom. The second kappa shape index (κ2) is 4.94. The minimum atomic E-state index is 0.478. The van der Waals surface area contributed by atoms with Gasteiger partial charge in [-0.2, -0.15) is 4.98 Å². The van der Waals surface area contributed by atoms with Gasteiger partial charge in [-0.15, -0.1) is 0 Å². The van der Waals surface area contributed by atoms with E-state index in [-0.39, 0.29) is 0 Å². The molecule has 0 bridgehead atoms. The summed E-state index contributed by atoms with van der Waals surface area (Å²) in [5.74, 6) is 1.28. The third kappa shape index (κ3) is 2.70. The SMILES string of the molecule is CC(C)NCCc1nc(-c2ccc[nH]2)no1. The van der Waals surface area contributed by atoms with Crippen LogP contribution in [0.2, 0.25) is 0 Å². The lowest BCUT2D eigenvalue weighted by molar-refractivity contribution is 0.374. The molecular weight excluding hydrogens is 204 g/mol. The van der Waals surface area contributed by atoms with Crippen LogP contribution >= 0.6 is 0 Å². The van der Waals surface area contributed by atoms with Gasteiger partial charge in [-0.05, 0) is 12.1 Å². The van der Waals surface area contributed by atoms with E-state index in [4.69, 9.17) is 4.52 Å². The van der Waals surface area contributed by atoms with Gasteiger partial charge >= 0.3 is 0 Å². The Bertz CT molecular complexity index is 419. The highest BCUT2D eigenvalue weighted by atomic mass is 16.5. The maximum Gasteiger partial charge on any atom is 0.228 e. The molecule has 0 amide bonds. The summed E-state index contributed by atoms with van der Waals surface area (Å²) in [5.41, 5.74) is 0.881. The third-order valence-electron chi connectivity index (χ3n) is 2.20. The van der Waals surface area contributed by atoms with E-state index in [1.807, 2.05) is 18.3 Å². The van der Waals surface area contributed by atoms with E-state index in [0.29, 0.717) is 17.8 Å². The Balaban J connectivity index is 1.93. The molecule has 0 spiro atoms. The van der Waals surface area contributed by atoms with Crippen molar-refractivity contribution in [1.29, 1.82) is 0 Å². The largest absolute Gasteiger partial charge is 0.359 e. The number of nitrogens with zero attached hydrogens (tertiary/aromatic N) is 2. The van der Waals surface area contributed by atoms with Crippen molar-refractivity contribution in [2.24, 2.45) is 0 Å². The molecule has 0 aliphatic carbocycles. The van der Waals surface area contributed by atoms with Crippen LogP contribution in [0.1, 0.15) is 19.7 Å². The highest BCUT2D eigenvalue weighted by Crippen LogP contribution is 2.12. The fourth-order valence-electron chi connectivity index (χ4n) is 1.40. The molecule has 2 N–H and O–H groups in total. The topological polar surface area (TPSA) is 66.7 Å². The minimum absolute atomic E-state index is 0.478. The van der Waals surface area contributed by atoms with Crippen LogP contribution in [0.3, 0.4) is 0 Å². The van der Waals surface area contributed by atoms with Gasteiger partial charge in [0.05, 0.1) is 5.69 Å². The molecule has 2 heterocycles. The lowest BCUT2D eigenvalue weighted by Gasteiger charge is -2.04. The summed E-state index contributed by atoms with van der Waals surface area (Å²) in [6.07, 6.45) is 2.59. The van der Waals surface area contributed by atoms with E-state index in [1.54, 1.807) is 0 Å². The number of hydrogen-bond donors (Lipinski definition) is 2. The first-order valence-electron chi connectivity index (χ1n) is 5.45. The van der Waals surface area contributed by atoms with Gasteiger partial charge in [0.1, 0.15) is 0 Å². The van der Waals surface area contributed by atoms with Crippen LogP contribution in [0.25, 0.3) is 11.5 Å². The molecule has 0 saturated heterocycles. The number of H-pyrrole nitrogens is 1. The molecule has 86 valence electrons. The first kappa shape index (κ1) is 10.9. The number of nitrogens with one attached hydrogen (secondary N) is 2. The monoisotopic (exact) mass is 220 g/mol. The van der Waals surface area contributed by atoms with Gasteiger partial charge in [0.2, 0.25) is 11.7 Å². The van der Waals surface area contributed by atoms with E-state index in [2.05, 4.69) is 34.3 Å². The number of rotatable bonds is 5. The molecule has 0 radical (unpaired) electrons. The average Bonchev–Trinajstić information content (AvgIpc) is 2.85. The van der Waals surface area contributed by atoms with Crippen LogP contribution in [-0.2, 0) is 6.42 Å². The fraction of sp³-hybridized carbons (Fsp3) is 0.455. The van der Waals surface area contributed by atoms with Gasteiger partial charge in [0.25, 0.3) is 0 Å². The summed E-state index contributed by atoms with van der Waals surface area (Å²) in [5, 5.41) is 7.21. The molecule has 0 atom stereocenters. The summed E-state index contributed by atoms with van der Waals surface area (Å²) < 4.78 is 5.15. The van der Waals surface area contributed by atoms with Gasteiger partial charge < -0.3 is 14.8 Å². The zero-order valence-electron chi connectivity index (χ0n) is 9.53. The Kier molecular flexibility index (Phi) is 3.36. The van der Waals surface area contributed by atoms with Crippen LogP contribution in [-0.4, -0.2) is 27.7 Å². The summed E-state index contributed by atoms with van der Waals surface area (Å²) in [4.78, 5) is 7.34. The lowest BCUT2D eigenvalue weighted by atomic mass is 10.3. The van der Waals surface area contributed by atoms with Crippen molar-refractivity contribution >= 4 is 0 Å². The molecule has 2 aromatic heterocycles. The summed E-state index contributed by atoms with van der Waals surface area (Å²) in [7, 11) is 0. The predicted octanol–water partition coefficient (Wildman–Crippen LogP) is 1.61.